The van der Waals surface area contributed by atoms with Crippen LogP contribution >= 0.6 is 0 Å². The second-order valence-corrected chi connectivity index (χ2v) is 5.00. The minimum atomic E-state index is -0.0526. The van der Waals surface area contributed by atoms with Crippen LogP contribution < -0.4 is 11.3 Å². The lowest BCUT2D eigenvalue weighted by molar-refractivity contribution is -0.0784. The van der Waals surface area contributed by atoms with E-state index in [2.05, 4.69) is 18.9 Å². The van der Waals surface area contributed by atoms with E-state index in [0.717, 1.165) is 32.3 Å². The molecule has 0 radical (unpaired) electrons. The number of hydrogen-bond acceptors (Lipinski definition) is 3. The van der Waals surface area contributed by atoms with Gasteiger partial charge < -0.3 is 4.74 Å². The van der Waals surface area contributed by atoms with Crippen LogP contribution in [0.3, 0.4) is 0 Å². The summed E-state index contributed by atoms with van der Waals surface area (Å²) < 4.78 is 6.12. The van der Waals surface area contributed by atoms with Crippen LogP contribution in [0.5, 0.6) is 0 Å². The van der Waals surface area contributed by atoms with Gasteiger partial charge in [-0.3, -0.25) is 11.3 Å². The van der Waals surface area contributed by atoms with Gasteiger partial charge in [0.1, 0.15) is 0 Å². The predicted octanol–water partition coefficient (Wildman–Crippen LogP) is 2.91. The molecule has 17 heavy (non-hydrogen) atoms. The van der Waals surface area contributed by atoms with Gasteiger partial charge in [-0.1, -0.05) is 31.8 Å². The second kappa shape index (κ2) is 7.85. The van der Waals surface area contributed by atoms with E-state index in [1.165, 1.54) is 25.7 Å². The molecular formula is C14H28N2O. The number of nitrogens with two attached hydrogens (primary N) is 1. The molecule has 0 saturated heterocycles. The third-order valence-corrected chi connectivity index (χ3v) is 3.88. The third kappa shape index (κ3) is 4.09. The molecule has 1 aliphatic rings. The van der Waals surface area contributed by atoms with Crippen molar-refractivity contribution in [2.45, 2.75) is 69.9 Å². The third-order valence-electron chi connectivity index (χ3n) is 3.88. The zero-order valence-corrected chi connectivity index (χ0v) is 11.2. The van der Waals surface area contributed by atoms with E-state index in [9.17, 15) is 0 Å². The molecule has 0 bridgehead atoms. The van der Waals surface area contributed by atoms with E-state index in [0.29, 0.717) is 0 Å². The minimum Gasteiger partial charge on any atom is -0.374 e. The molecule has 0 aliphatic heterocycles. The highest BCUT2D eigenvalue weighted by atomic mass is 16.5. The fraction of sp³-hybridized carbons (Fsp3) is 0.857. The molecule has 1 saturated carbocycles. The first-order valence-corrected chi connectivity index (χ1v) is 7.00. The number of hydrogen-bond donors (Lipinski definition) is 2. The Balaban J connectivity index is 2.73. The van der Waals surface area contributed by atoms with Crippen molar-refractivity contribution in [3.63, 3.8) is 0 Å². The largest absolute Gasteiger partial charge is 0.374 e. The molecule has 1 atom stereocenters. The molecule has 0 spiro atoms. The Morgan fingerprint density at radius 1 is 1.35 bits per heavy atom. The Morgan fingerprint density at radius 2 is 2.00 bits per heavy atom. The van der Waals surface area contributed by atoms with Crippen molar-refractivity contribution >= 4 is 0 Å². The van der Waals surface area contributed by atoms with Crippen LogP contribution in [0.2, 0.25) is 0 Å². The van der Waals surface area contributed by atoms with Gasteiger partial charge in [0, 0.05) is 6.61 Å². The highest BCUT2D eigenvalue weighted by Crippen LogP contribution is 2.34. The molecule has 1 aliphatic carbocycles. The van der Waals surface area contributed by atoms with Crippen LogP contribution in [0.15, 0.2) is 12.7 Å². The van der Waals surface area contributed by atoms with Gasteiger partial charge in [0.05, 0.1) is 11.6 Å². The van der Waals surface area contributed by atoms with Crippen LogP contribution in [0.4, 0.5) is 0 Å². The van der Waals surface area contributed by atoms with Gasteiger partial charge in [-0.2, -0.15) is 0 Å². The molecule has 0 amide bonds. The number of rotatable bonds is 7. The molecule has 3 heteroatoms. The maximum absolute atomic E-state index is 6.12. The first-order chi connectivity index (χ1) is 8.29. The van der Waals surface area contributed by atoms with E-state index in [4.69, 9.17) is 10.6 Å². The van der Waals surface area contributed by atoms with E-state index >= 15 is 0 Å². The van der Waals surface area contributed by atoms with Gasteiger partial charge in [0.15, 0.2) is 0 Å². The highest BCUT2D eigenvalue weighted by molar-refractivity contribution is 4.94. The van der Waals surface area contributed by atoms with Crippen LogP contribution in [0.1, 0.15) is 58.3 Å². The Morgan fingerprint density at radius 3 is 2.47 bits per heavy atom. The fourth-order valence-electron chi connectivity index (χ4n) is 2.99. The SMILES string of the molecule is C=CCCC(NN)C1(OCC)CCCCCC1. The minimum absolute atomic E-state index is 0.0526. The molecule has 3 nitrogen and oxygen atoms in total. The highest BCUT2D eigenvalue weighted by Gasteiger charge is 2.38. The lowest BCUT2D eigenvalue weighted by atomic mass is 9.84. The molecule has 1 unspecified atom stereocenters. The molecule has 0 aromatic rings. The summed E-state index contributed by atoms with van der Waals surface area (Å²) in [4.78, 5) is 0. The summed E-state index contributed by atoms with van der Waals surface area (Å²) in [6.07, 6.45) is 11.4. The number of ether oxygens (including phenoxy) is 1. The van der Waals surface area contributed by atoms with Crippen molar-refractivity contribution < 1.29 is 4.74 Å². The monoisotopic (exact) mass is 240 g/mol. The molecule has 0 heterocycles. The average molecular weight is 240 g/mol. The van der Waals surface area contributed by atoms with Gasteiger partial charge in [0.2, 0.25) is 0 Å². The summed E-state index contributed by atoms with van der Waals surface area (Å²) >= 11 is 0. The standard InChI is InChI=1S/C14H28N2O/c1-3-5-10-13(16-15)14(17-4-2)11-8-6-7-9-12-14/h3,13,16H,1,4-12,15H2,2H3. The number of hydrazine groups is 1. The summed E-state index contributed by atoms with van der Waals surface area (Å²) in [6.45, 7) is 6.64. The molecule has 100 valence electrons. The topological polar surface area (TPSA) is 47.3 Å². The predicted molar refractivity (Wildman–Crippen MR) is 72.6 cm³/mol. The molecule has 0 aromatic heterocycles. The Labute approximate surface area is 106 Å². The zero-order chi connectivity index (χ0) is 12.6. The van der Waals surface area contributed by atoms with Crippen LogP contribution in [0.25, 0.3) is 0 Å². The molecule has 1 fully saturated rings. The fourth-order valence-corrected chi connectivity index (χ4v) is 2.99. The maximum atomic E-state index is 6.12. The van der Waals surface area contributed by atoms with Crippen LogP contribution in [0, 0.1) is 0 Å². The lowest BCUT2D eigenvalue weighted by Crippen LogP contribution is -2.54. The van der Waals surface area contributed by atoms with Crippen molar-refractivity contribution in [3.05, 3.63) is 12.7 Å². The number of allylic oxidation sites excluding steroid dienone is 1. The molecule has 3 N–H and O–H groups in total. The summed E-state index contributed by atoms with van der Waals surface area (Å²) in [7, 11) is 0. The van der Waals surface area contributed by atoms with Gasteiger partial charge in [-0.25, -0.2) is 0 Å². The molecule has 1 rings (SSSR count). The lowest BCUT2D eigenvalue weighted by Gasteiger charge is -2.40. The van der Waals surface area contributed by atoms with Gasteiger partial charge >= 0.3 is 0 Å². The van der Waals surface area contributed by atoms with E-state index in [1.807, 2.05) is 6.08 Å². The maximum Gasteiger partial charge on any atom is 0.0848 e. The number of nitrogens with one attached hydrogen (secondary N) is 1. The van der Waals surface area contributed by atoms with Crippen molar-refractivity contribution in [3.8, 4) is 0 Å². The van der Waals surface area contributed by atoms with Crippen molar-refractivity contribution in [1.29, 1.82) is 0 Å². The molecule has 0 aromatic carbocycles. The second-order valence-electron chi connectivity index (χ2n) is 5.00. The summed E-state index contributed by atoms with van der Waals surface area (Å²) in [5, 5.41) is 0. The first-order valence-electron chi connectivity index (χ1n) is 7.00. The Bertz CT molecular complexity index is 210. The van der Waals surface area contributed by atoms with Crippen LogP contribution in [-0.2, 0) is 4.74 Å². The molecular weight excluding hydrogens is 212 g/mol. The zero-order valence-electron chi connectivity index (χ0n) is 11.2. The van der Waals surface area contributed by atoms with Gasteiger partial charge in [-0.05, 0) is 32.6 Å². The first kappa shape index (κ1) is 14.7. The average Bonchev–Trinajstić information content (AvgIpc) is 2.57. The Kier molecular flexibility index (Phi) is 6.78. The summed E-state index contributed by atoms with van der Waals surface area (Å²) in [6, 6.07) is 0.249. The van der Waals surface area contributed by atoms with Crippen molar-refractivity contribution in [1.82, 2.24) is 5.43 Å². The van der Waals surface area contributed by atoms with E-state index < -0.39 is 0 Å². The normalized spacial score (nSPS) is 21.8. The summed E-state index contributed by atoms with van der Waals surface area (Å²) in [5.74, 6) is 5.75. The summed E-state index contributed by atoms with van der Waals surface area (Å²) in [5.41, 5.74) is 2.93. The van der Waals surface area contributed by atoms with Gasteiger partial charge in [-0.15, -0.1) is 6.58 Å². The smallest absolute Gasteiger partial charge is 0.0848 e. The quantitative estimate of drug-likeness (QED) is 0.311. The Hall–Kier alpha value is -0.380. The van der Waals surface area contributed by atoms with Crippen molar-refractivity contribution in [2.75, 3.05) is 6.61 Å². The van der Waals surface area contributed by atoms with Gasteiger partial charge in [0.25, 0.3) is 0 Å². The van der Waals surface area contributed by atoms with Crippen molar-refractivity contribution in [2.24, 2.45) is 5.84 Å². The van der Waals surface area contributed by atoms with Crippen LogP contribution in [-0.4, -0.2) is 18.2 Å². The van der Waals surface area contributed by atoms with E-state index in [-0.39, 0.29) is 11.6 Å². The van der Waals surface area contributed by atoms with E-state index in [1.54, 1.807) is 0 Å².